The molecule has 1 atom stereocenters. The molecule has 0 spiro atoms. The molecule has 168 valence electrons. The maximum absolute atomic E-state index is 12.9. The largest absolute Gasteiger partial charge is 0.326 e. The number of nitrogens with zero attached hydrogens (tertiary/aromatic N) is 1. The number of benzene rings is 2. The van der Waals surface area contributed by atoms with Crippen molar-refractivity contribution in [2.45, 2.75) is 49.7 Å². The summed E-state index contributed by atoms with van der Waals surface area (Å²) < 4.78 is 0. The molecule has 1 heterocycles. The van der Waals surface area contributed by atoms with E-state index in [-0.39, 0.29) is 17.1 Å². The van der Waals surface area contributed by atoms with E-state index in [2.05, 4.69) is 22.5 Å². The van der Waals surface area contributed by atoms with Crippen molar-refractivity contribution in [2.24, 2.45) is 0 Å². The zero-order valence-corrected chi connectivity index (χ0v) is 20.4. The second-order valence-electron chi connectivity index (χ2n) is 7.23. The van der Waals surface area contributed by atoms with Gasteiger partial charge in [-0.15, -0.1) is 23.1 Å². The van der Waals surface area contributed by atoms with Crippen molar-refractivity contribution in [3.05, 3.63) is 58.9 Å². The fourth-order valence-corrected chi connectivity index (χ4v) is 4.83. The van der Waals surface area contributed by atoms with E-state index in [9.17, 15) is 9.59 Å². The van der Waals surface area contributed by atoms with Crippen molar-refractivity contribution in [2.75, 3.05) is 10.6 Å². The topological polar surface area (TPSA) is 71.1 Å². The molecule has 2 N–H and O–H groups in total. The molecule has 1 aromatic heterocycles. The zero-order chi connectivity index (χ0) is 22.9. The van der Waals surface area contributed by atoms with Crippen LogP contribution in [0, 0.1) is 0 Å². The SMILES string of the molecule is CCCCC(=O)Nc1cccc(SC(CC)C(=O)Nc2nc(-c3ccc(Cl)cc3)cs2)c1. The summed E-state index contributed by atoms with van der Waals surface area (Å²) in [6.45, 7) is 4.04. The Morgan fingerprint density at radius 3 is 2.62 bits per heavy atom. The zero-order valence-electron chi connectivity index (χ0n) is 18.1. The van der Waals surface area contributed by atoms with Gasteiger partial charge in [-0.3, -0.25) is 9.59 Å². The average Bonchev–Trinajstić information content (AvgIpc) is 3.25. The normalized spacial score (nSPS) is 11.7. The van der Waals surface area contributed by atoms with E-state index in [0.29, 0.717) is 23.0 Å². The maximum Gasteiger partial charge on any atom is 0.239 e. The molecule has 2 amide bonds. The van der Waals surface area contributed by atoms with Crippen molar-refractivity contribution < 1.29 is 9.59 Å². The summed E-state index contributed by atoms with van der Waals surface area (Å²) in [5.74, 6) is -0.0778. The first-order valence-corrected chi connectivity index (χ1v) is 12.7. The lowest BCUT2D eigenvalue weighted by Crippen LogP contribution is -2.24. The van der Waals surface area contributed by atoms with Crippen LogP contribution in [0.3, 0.4) is 0 Å². The lowest BCUT2D eigenvalue weighted by Gasteiger charge is -2.14. The van der Waals surface area contributed by atoms with Crippen LogP contribution < -0.4 is 10.6 Å². The Hall–Kier alpha value is -2.35. The molecule has 0 aliphatic heterocycles. The molecular weight excluding hydrogens is 462 g/mol. The molecule has 0 radical (unpaired) electrons. The van der Waals surface area contributed by atoms with E-state index < -0.39 is 0 Å². The minimum atomic E-state index is -0.274. The number of anilines is 2. The highest BCUT2D eigenvalue weighted by atomic mass is 35.5. The molecule has 5 nitrogen and oxygen atoms in total. The molecule has 3 aromatic rings. The highest BCUT2D eigenvalue weighted by molar-refractivity contribution is 8.00. The van der Waals surface area contributed by atoms with Gasteiger partial charge < -0.3 is 10.6 Å². The highest BCUT2D eigenvalue weighted by Crippen LogP contribution is 2.30. The van der Waals surface area contributed by atoms with E-state index in [1.165, 1.54) is 23.1 Å². The number of aromatic nitrogens is 1. The Kier molecular flexibility index (Phi) is 9.14. The van der Waals surface area contributed by atoms with E-state index in [0.717, 1.165) is 34.7 Å². The summed E-state index contributed by atoms with van der Waals surface area (Å²) in [5.41, 5.74) is 2.50. The standard InChI is InChI=1S/C24H26ClN3O2S2/c1-3-5-9-22(29)26-18-7-6-8-19(14-18)32-21(4-2)23(30)28-24-27-20(15-31-24)16-10-12-17(25)13-11-16/h6-8,10-15,21H,3-5,9H2,1-2H3,(H,26,29)(H,27,28,30). The molecule has 0 aliphatic carbocycles. The molecule has 0 fully saturated rings. The van der Waals surface area contributed by atoms with Crippen LogP contribution in [0.15, 0.2) is 58.8 Å². The minimum absolute atomic E-state index is 0.0130. The molecule has 8 heteroatoms. The Morgan fingerprint density at radius 1 is 1.12 bits per heavy atom. The minimum Gasteiger partial charge on any atom is -0.326 e. The number of nitrogens with one attached hydrogen (secondary N) is 2. The number of thioether (sulfide) groups is 1. The van der Waals surface area contributed by atoms with Gasteiger partial charge in [0, 0.05) is 33.0 Å². The van der Waals surface area contributed by atoms with Crippen LogP contribution >= 0.6 is 34.7 Å². The number of hydrogen-bond acceptors (Lipinski definition) is 5. The summed E-state index contributed by atoms with van der Waals surface area (Å²) >= 11 is 8.82. The lowest BCUT2D eigenvalue weighted by molar-refractivity contribution is -0.116. The van der Waals surface area contributed by atoms with Gasteiger partial charge in [-0.1, -0.05) is 50.1 Å². The van der Waals surface area contributed by atoms with Gasteiger partial charge in [0.25, 0.3) is 0 Å². The molecule has 0 saturated heterocycles. The molecular formula is C24H26ClN3O2S2. The second kappa shape index (κ2) is 12.0. The van der Waals surface area contributed by atoms with Crippen molar-refractivity contribution in [3.8, 4) is 11.3 Å². The van der Waals surface area contributed by atoms with Gasteiger partial charge in [0.15, 0.2) is 5.13 Å². The van der Waals surface area contributed by atoms with Gasteiger partial charge in [-0.05, 0) is 43.2 Å². The summed E-state index contributed by atoms with van der Waals surface area (Å²) in [5, 5.41) is 8.74. The van der Waals surface area contributed by atoms with Crippen LogP contribution in [0.2, 0.25) is 5.02 Å². The number of hydrogen-bond donors (Lipinski definition) is 2. The predicted molar refractivity (Wildman–Crippen MR) is 136 cm³/mol. The molecule has 32 heavy (non-hydrogen) atoms. The van der Waals surface area contributed by atoms with Gasteiger partial charge in [0.1, 0.15) is 0 Å². The van der Waals surface area contributed by atoms with Crippen molar-refractivity contribution in [3.63, 3.8) is 0 Å². The third-order valence-corrected chi connectivity index (χ3v) is 7.06. The molecule has 3 rings (SSSR count). The quantitative estimate of drug-likeness (QED) is 0.299. The number of unbranched alkanes of at least 4 members (excludes halogenated alkanes) is 1. The fraction of sp³-hybridized carbons (Fsp3) is 0.292. The van der Waals surface area contributed by atoms with Gasteiger partial charge in [-0.2, -0.15) is 0 Å². The van der Waals surface area contributed by atoms with E-state index >= 15 is 0 Å². The number of carbonyl (C=O) groups is 2. The smallest absolute Gasteiger partial charge is 0.239 e. The van der Waals surface area contributed by atoms with Gasteiger partial charge in [0.05, 0.1) is 10.9 Å². The molecule has 0 aliphatic rings. The van der Waals surface area contributed by atoms with Gasteiger partial charge >= 0.3 is 0 Å². The molecule has 1 unspecified atom stereocenters. The van der Waals surface area contributed by atoms with Gasteiger partial charge in [-0.25, -0.2) is 4.98 Å². The van der Waals surface area contributed by atoms with E-state index in [4.69, 9.17) is 11.6 Å². The van der Waals surface area contributed by atoms with Crippen LogP contribution in [0.4, 0.5) is 10.8 Å². The Bertz CT molecular complexity index is 1050. The Balaban J connectivity index is 1.61. The van der Waals surface area contributed by atoms with E-state index in [1.807, 2.05) is 60.8 Å². The lowest BCUT2D eigenvalue weighted by atomic mass is 10.2. The third kappa shape index (κ3) is 7.08. The first-order chi connectivity index (χ1) is 15.5. The van der Waals surface area contributed by atoms with Gasteiger partial charge in [0.2, 0.25) is 11.8 Å². The number of carbonyl (C=O) groups excluding carboxylic acids is 2. The number of amides is 2. The van der Waals surface area contributed by atoms with Crippen LogP contribution in [-0.4, -0.2) is 22.0 Å². The third-order valence-electron chi connectivity index (χ3n) is 4.69. The average molecular weight is 488 g/mol. The highest BCUT2D eigenvalue weighted by Gasteiger charge is 2.20. The predicted octanol–water partition coefficient (Wildman–Crippen LogP) is 7.10. The second-order valence-corrected chi connectivity index (χ2v) is 9.80. The Morgan fingerprint density at radius 2 is 1.91 bits per heavy atom. The van der Waals surface area contributed by atoms with Crippen LogP contribution in [0.25, 0.3) is 11.3 Å². The molecule has 2 aromatic carbocycles. The van der Waals surface area contributed by atoms with Crippen LogP contribution in [-0.2, 0) is 9.59 Å². The first-order valence-electron chi connectivity index (χ1n) is 10.6. The summed E-state index contributed by atoms with van der Waals surface area (Å²) in [6, 6.07) is 15.1. The molecule has 0 bridgehead atoms. The summed E-state index contributed by atoms with van der Waals surface area (Å²) in [7, 11) is 0. The molecule has 0 saturated carbocycles. The number of rotatable bonds is 10. The van der Waals surface area contributed by atoms with Crippen molar-refractivity contribution >= 4 is 57.3 Å². The van der Waals surface area contributed by atoms with Crippen molar-refractivity contribution in [1.82, 2.24) is 4.98 Å². The van der Waals surface area contributed by atoms with Crippen LogP contribution in [0.1, 0.15) is 39.5 Å². The van der Waals surface area contributed by atoms with Crippen molar-refractivity contribution in [1.29, 1.82) is 0 Å². The van der Waals surface area contributed by atoms with Crippen LogP contribution in [0.5, 0.6) is 0 Å². The monoisotopic (exact) mass is 487 g/mol. The number of thiazole rings is 1. The fourth-order valence-electron chi connectivity index (χ4n) is 2.96. The summed E-state index contributed by atoms with van der Waals surface area (Å²) in [6.07, 6.45) is 3.03. The maximum atomic E-state index is 12.9. The van der Waals surface area contributed by atoms with E-state index in [1.54, 1.807) is 0 Å². The first kappa shape index (κ1) is 24.3. The Labute approximate surface area is 202 Å². The summed E-state index contributed by atoms with van der Waals surface area (Å²) in [4.78, 5) is 30.3. The number of halogens is 1.